The molecule has 0 spiro atoms. The van der Waals surface area contributed by atoms with Gasteiger partial charge >= 0.3 is 0 Å². The Morgan fingerprint density at radius 2 is 1.18 bits per heavy atom. The van der Waals surface area contributed by atoms with Crippen LogP contribution in [-0.2, 0) is 9.16 Å². The third kappa shape index (κ3) is 5.16. The second-order valence-corrected chi connectivity index (χ2v) is 22.7. The van der Waals surface area contributed by atoms with Crippen molar-refractivity contribution in [2.24, 2.45) is 0 Å². The minimum absolute atomic E-state index is 0.176. The van der Waals surface area contributed by atoms with Gasteiger partial charge in [-0.2, -0.15) is 0 Å². The second kappa shape index (κ2) is 10.8. The molecule has 34 heavy (non-hydrogen) atoms. The van der Waals surface area contributed by atoms with Crippen LogP contribution < -0.4 is 10.4 Å². The SMILES string of the molecule is CC(C)[Si](OC[C@@H]1C[C@@H](C[Si](c2ccccc2)(c2ccccc2)C(C)(C)C)O1)(C(C)C)C(C)C. The molecule has 0 saturated carbocycles. The minimum Gasteiger partial charge on any atom is -0.413 e. The number of rotatable bonds is 10. The Morgan fingerprint density at radius 1 is 0.765 bits per heavy atom. The summed E-state index contributed by atoms with van der Waals surface area (Å²) in [4.78, 5) is 0. The van der Waals surface area contributed by atoms with Crippen LogP contribution in [0.15, 0.2) is 60.7 Å². The molecule has 0 amide bonds. The van der Waals surface area contributed by atoms with Crippen molar-refractivity contribution in [1.82, 2.24) is 0 Å². The van der Waals surface area contributed by atoms with Crippen molar-refractivity contribution in [1.29, 1.82) is 0 Å². The van der Waals surface area contributed by atoms with Crippen molar-refractivity contribution in [3.8, 4) is 0 Å². The van der Waals surface area contributed by atoms with E-state index in [-0.39, 0.29) is 11.1 Å². The number of benzene rings is 2. The van der Waals surface area contributed by atoms with Crippen molar-refractivity contribution in [3.05, 3.63) is 60.7 Å². The molecule has 0 aromatic heterocycles. The summed E-state index contributed by atoms with van der Waals surface area (Å²) in [5.41, 5.74) is 1.83. The highest BCUT2D eigenvalue weighted by Gasteiger charge is 2.51. The van der Waals surface area contributed by atoms with E-state index < -0.39 is 16.4 Å². The Morgan fingerprint density at radius 3 is 1.53 bits per heavy atom. The summed E-state index contributed by atoms with van der Waals surface area (Å²) in [6.45, 7) is 22.2. The van der Waals surface area contributed by atoms with Crippen LogP contribution in [0.1, 0.15) is 68.7 Å². The molecule has 1 fully saturated rings. The molecule has 4 heteroatoms. The molecule has 1 aliphatic rings. The van der Waals surface area contributed by atoms with Crippen molar-refractivity contribution in [3.63, 3.8) is 0 Å². The molecular weight excluding hydrogens is 449 g/mol. The number of hydrogen-bond acceptors (Lipinski definition) is 2. The molecule has 0 unspecified atom stereocenters. The molecule has 2 atom stereocenters. The quantitative estimate of drug-likeness (QED) is 0.319. The van der Waals surface area contributed by atoms with Gasteiger partial charge in [-0.05, 0) is 27.7 Å². The molecule has 2 aromatic rings. The van der Waals surface area contributed by atoms with Crippen molar-refractivity contribution < 1.29 is 9.16 Å². The van der Waals surface area contributed by atoms with Gasteiger partial charge in [-0.25, -0.2) is 0 Å². The van der Waals surface area contributed by atoms with Gasteiger partial charge in [-0.3, -0.25) is 0 Å². The van der Waals surface area contributed by atoms with Gasteiger partial charge in [0.2, 0.25) is 0 Å². The van der Waals surface area contributed by atoms with Gasteiger partial charge in [-0.15, -0.1) is 0 Å². The van der Waals surface area contributed by atoms with Crippen LogP contribution in [0.2, 0.25) is 27.7 Å². The molecule has 0 radical (unpaired) electrons. The molecule has 1 saturated heterocycles. The maximum atomic E-state index is 6.86. The second-order valence-electron chi connectivity index (χ2n) is 12.3. The Labute approximate surface area is 211 Å². The molecule has 0 aliphatic carbocycles. The van der Waals surface area contributed by atoms with Gasteiger partial charge in [0.15, 0.2) is 8.32 Å². The Balaban J connectivity index is 1.79. The fourth-order valence-corrected chi connectivity index (χ4v) is 18.0. The fourth-order valence-electron chi connectivity index (χ4n) is 6.89. The van der Waals surface area contributed by atoms with Gasteiger partial charge in [0.05, 0.1) is 18.8 Å². The summed E-state index contributed by atoms with van der Waals surface area (Å²) < 4.78 is 13.5. The lowest BCUT2D eigenvalue weighted by Gasteiger charge is -2.50. The Kier molecular flexibility index (Phi) is 8.71. The van der Waals surface area contributed by atoms with Gasteiger partial charge in [0, 0.05) is 6.42 Å². The molecule has 1 aliphatic heterocycles. The van der Waals surface area contributed by atoms with Gasteiger partial charge < -0.3 is 9.16 Å². The zero-order valence-electron chi connectivity index (χ0n) is 23.1. The van der Waals surface area contributed by atoms with E-state index in [0.29, 0.717) is 22.7 Å². The van der Waals surface area contributed by atoms with E-state index in [2.05, 4.69) is 123 Å². The van der Waals surface area contributed by atoms with Crippen molar-refractivity contribution in [2.75, 3.05) is 6.61 Å². The molecule has 0 N–H and O–H groups in total. The van der Waals surface area contributed by atoms with E-state index in [1.807, 2.05) is 0 Å². The highest BCUT2D eigenvalue weighted by atomic mass is 28.4. The van der Waals surface area contributed by atoms with Gasteiger partial charge in [0.1, 0.15) is 8.07 Å². The molecular formula is C30H48O2Si2. The van der Waals surface area contributed by atoms with Crippen LogP contribution in [0.25, 0.3) is 0 Å². The van der Waals surface area contributed by atoms with Crippen LogP contribution in [0.4, 0.5) is 0 Å². The van der Waals surface area contributed by atoms with Crippen LogP contribution in [0, 0.1) is 0 Å². The standard InChI is InChI=1S/C30H48O2Si2/c1-23(2)34(24(3)4,25(5)6)31-21-26-20-27(32-26)22-33(30(7,8)9,28-16-12-10-13-17-28)29-18-14-11-15-19-29/h10-19,23-27H,20-22H2,1-9H3/t26-,27-/m0/s1. The highest BCUT2D eigenvalue weighted by Crippen LogP contribution is 2.45. The van der Waals surface area contributed by atoms with Crippen molar-refractivity contribution >= 4 is 26.8 Å². The summed E-state index contributed by atoms with van der Waals surface area (Å²) in [6, 6.07) is 23.7. The van der Waals surface area contributed by atoms with E-state index >= 15 is 0 Å². The molecule has 188 valence electrons. The van der Waals surface area contributed by atoms with Gasteiger partial charge in [-0.1, -0.05) is 133 Å². The summed E-state index contributed by atoms with van der Waals surface area (Å²) in [5, 5.41) is 3.21. The van der Waals surface area contributed by atoms with Crippen LogP contribution in [0.3, 0.4) is 0 Å². The average molecular weight is 497 g/mol. The maximum Gasteiger partial charge on any atom is 0.200 e. The Hall–Kier alpha value is -1.21. The first-order valence-corrected chi connectivity index (χ1v) is 17.7. The maximum absolute atomic E-state index is 6.86. The normalized spacial score (nSPS) is 19.6. The minimum atomic E-state index is -2.08. The largest absolute Gasteiger partial charge is 0.413 e. The highest BCUT2D eigenvalue weighted by molar-refractivity contribution is 7.04. The summed E-state index contributed by atoms with van der Waals surface area (Å²) in [6.07, 6.45) is 1.67. The summed E-state index contributed by atoms with van der Waals surface area (Å²) >= 11 is 0. The average Bonchev–Trinajstić information content (AvgIpc) is 2.74. The molecule has 2 aromatic carbocycles. The first-order valence-electron chi connectivity index (χ1n) is 13.4. The van der Waals surface area contributed by atoms with Gasteiger partial charge in [0.25, 0.3) is 0 Å². The lowest BCUT2D eigenvalue weighted by molar-refractivity contribution is -0.131. The lowest BCUT2D eigenvalue weighted by Crippen LogP contribution is -2.66. The van der Waals surface area contributed by atoms with E-state index in [9.17, 15) is 0 Å². The topological polar surface area (TPSA) is 18.5 Å². The fraction of sp³-hybridized carbons (Fsp3) is 0.600. The zero-order valence-corrected chi connectivity index (χ0v) is 25.1. The lowest BCUT2D eigenvalue weighted by atomic mass is 10.1. The monoisotopic (exact) mass is 496 g/mol. The predicted molar refractivity (Wildman–Crippen MR) is 153 cm³/mol. The van der Waals surface area contributed by atoms with Crippen LogP contribution in [-0.4, -0.2) is 35.2 Å². The first-order chi connectivity index (χ1) is 15.9. The number of hydrogen-bond donors (Lipinski definition) is 0. The smallest absolute Gasteiger partial charge is 0.200 e. The van der Waals surface area contributed by atoms with E-state index in [1.165, 1.54) is 10.4 Å². The molecule has 2 nitrogen and oxygen atoms in total. The van der Waals surface area contributed by atoms with E-state index in [0.717, 1.165) is 19.1 Å². The first kappa shape index (κ1) is 27.4. The third-order valence-corrected chi connectivity index (χ3v) is 20.8. The molecule has 3 rings (SSSR count). The van der Waals surface area contributed by atoms with Crippen molar-refractivity contribution in [2.45, 2.75) is 109 Å². The summed E-state index contributed by atoms with van der Waals surface area (Å²) in [7, 11) is -3.93. The third-order valence-electron chi connectivity index (χ3n) is 8.48. The molecule has 0 bridgehead atoms. The number of ether oxygens (including phenoxy) is 1. The predicted octanol–water partition coefficient (Wildman–Crippen LogP) is 7.40. The van der Waals surface area contributed by atoms with E-state index in [1.54, 1.807) is 0 Å². The van der Waals surface area contributed by atoms with Crippen LogP contribution >= 0.6 is 0 Å². The summed E-state index contributed by atoms with van der Waals surface area (Å²) in [5.74, 6) is 0. The van der Waals surface area contributed by atoms with E-state index in [4.69, 9.17) is 9.16 Å². The van der Waals surface area contributed by atoms with Crippen LogP contribution in [0.5, 0.6) is 0 Å². The zero-order chi connectivity index (χ0) is 25.1. The Bertz CT molecular complexity index is 820. The molecule has 1 heterocycles.